The van der Waals surface area contributed by atoms with E-state index < -0.39 is 6.09 Å². The zero-order valence-corrected chi connectivity index (χ0v) is 10.7. The maximum atomic E-state index is 11.9. The van der Waals surface area contributed by atoms with E-state index in [1.54, 1.807) is 38.5 Å². The fourth-order valence-electron chi connectivity index (χ4n) is 1.52. The number of ether oxygens (including phenoxy) is 1. The molecule has 0 unspecified atom stereocenters. The van der Waals surface area contributed by atoms with Gasteiger partial charge in [-0.25, -0.2) is 4.79 Å². The number of carbonyl (C=O) groups is 1. The Kier molecular flexibility index (Phi) is 3.66. The van der Waals surface area contributed by atoms with Crippen molar-refractivity contribution in [1.82, 2.24) is 4.57 Å². The van der Waals surface area contributed by atoms with Crippen LogP contribution in [0.15, 0.2) is 53.5 Å². The van der Waals surface area contributed by atoms with Crippen molar-refractivity contribution in [3.63, 3.8) is 0 Å². The maximum absolute atomic E-state index is 11.9. The Morgan fingerprint density at radius 1 is 1.21 bits per heavy atom. The van der Waals surface area contributed by atoms with Crippen LogP contribution >= 0.6 is 0 Å². The molecule has 0 saturated heterocycles. The first-order valence-electron chi connectivity index (χ1n) is 5.75. The van der Waals surface area contributed by atoms with Gasteiger partial charge < -0.3 is 9.30 Å². The van der Waals surface area contributed by atoms with Gasteiger partial charge in [-0.3, -0.25) is 9.69 Å². The van der Waals surface area contributed by atoms with Crippen molar-refractivity contribution in [2.24, 2.45) is 7.05 Å². The third kappa shape index (κ3) is 3.01. The van der Waals surface area contributed by atoms with Crippen molar-refractivity contribution in [2.75, 3.05) is 11.9 Å². The molecule has 1 aromatic heterocycles. The van der Waals surface area contributed by atoms with Gasteiger partial charge in [-0.15, -0.1) is 0 Å². The van der Waals surface area contributed by atoms with Crippen LogP contribution in [-0.2, 0) is 7.05 Å². The molecule has 2 rings (SSSR count). The summed E-state index contributed by atoms with van der Waals surface area (Å²) in [5, 5.41) is 0. The summed E-state index contributed by atoms with van der Waals surface area (Å²) in [6.45, 7) is 0. The minimum absolute atomic E-state index is 0.229. The average Bonchev–Trinajstić information content (AvgIpc) is 2.43. The van der Waals surface area contributed by atoms with Gasteiger partial charge in [0.15, 0.2) is 0 Å². The monoisotopic (exact) mass is 258 g/mol. The van der Waals surface area contributed by atoms with E-state index in [4.69, 9.17) is 4.74 Å². The van der Waals surface area contributed by atoms with Crippen molar-refractivity contribution in [3.05, 3.63) is 59.0 Å². The Morgan fingerprint density at radius 2 is 1.89 bits per heavy atom. The first kappa shape index (κ1) is 12.9. The van der Waals surface area contributed by atoms with Crippen LogP contribution in [-0.4, -0.2) is 17.7 Å². The number of pyridine rings is 1. The highest BCUT2D eigenvalue weighted by molar-refractivity contribution is 5.88. The van der Waals surface area contributed by atoms with Crippen LogP contribution in [0.1, 0.15) is 0 Å². The third-order valence-electron chi connectivity index (χ3n) is 2.70. The summed E-state index contributed by atoms with van der Waals surface area (Å²) < 4.78 is 6.54. The number of para-hydroxylation sites is 1. The van der Waals surface area contributed by atoms with E-state index in [1.807, 2.05) is 18.2 Å². The van der Waals surface area contributed by atoms with Crippen molar-refractivity contribution in [3.8, 4) is 5.75 Å². The van der Waals surface area contributed by atoms with E-state index in [1.165, 1.54) is 15.5 Å². The van der Waals surface area contributed by atoms with Crippen LogP contribution in [0.3, 0.4) is 0 Å². The number of aryl methyl sites for hydroxylation is 1. The highest BCUT2D eigenvalue weighted by Gasteiger charge is 2.13. The van der Waals surface area contributed by atoms with Crippen molar-refractivity contribution in [1.29, 1.82) is 0 Å². The van der Waals surface area contributed by atoms with E-state index >= 15 is 0 Å². The van der Waals surface area contributed by atoms with Gasteiger partial charge in [-0.1, -0.05) is 18.2 Å². The second kappa shape index (κ2) is 5.39. The Hall–Kier alpha value is -2.56. The fourth-order valence-corrected chi connectivity index (χ4v) is 1.52. The van der Waals surface area contributed by atoms with Crippen molar-refractivity contribution in [2.45, 2.75) is 0 Å². The average molecular weight is 258 g/mol. The van der Waals surface area contributed by atoms with E-state index in [-0.39, 0.29) is 11.3 Å². The summed E-state index contributed by atoms with van der Waals surface area (Å²) in [5.41, 5.74) is 0.490. The fraction of sp³-hybridized carbons (Fsp3) is 0.143. The second-order valence-electron chi connectivity index (χ2n) is 4.07. The number of amides is 1. The number of hydrogen-bond acceptors (Lipinski definition) is 3. The number of anilines is 1. The zero-order chi connectivity index (χ0) is 13.8. The Morgan fingerprint density at radius 3 is 2.53 bits per heavy atom. The number of hydrogen-bond donors (Lipinski definition) is 0. The molecular formula is C14H14N2O3. The van der Waals surface area contributed by atoms with Gasteiger partial charge in [0.1, 0.15) is 5.75 Å². The molecule has 0 atom stereocenters. The lowest BCUT2D eigenvalue weighted by Crippen LogP contribution is -2.29. The molecule has 0 radical (unpaired) electrons. The predicted molar refractivity (Wildman–Crippen MR) is 72.6 cm³/mol. The van der Waals surface area contributed by atoms with Gasteiger partial charge >= 0.3 is 6.09 Å². The lowest BCUT2D eigenvalue weighted by atomic mass is 10.3. The highest BCUT2D eigenvalue weighted by atomic mass is 16.6. The molecular weight excluding hydrogens is 244 g/mol. The Balaban J connectivity index is 2.13. The Bertz CT molecular complexity index is 635. The second-order valence-corrected chi connectivity index (χ2v) is 4.07. The Labute approximate surface area is 110 Å². The summed E-state index contributed by atoms with van der Waals surface area (Å²) in [7, 11) is 3.24. The van der Waals surface area contributed by atoms with E-state index in [0.29, 0.717) is 0 Å². The number of rotatable bonds is 2. The first-order chi connectivity index (χ1) is 9.08. The number of benzene rings is 1. The molecule has 0 N–H and O–H groups in total. The van der Waals surface area contributed by atoms with Crippen LogP contribution in [0, 0.1) is 0 Å². The lowest BCUT2D eigenvalue weighted by Gasteiger charge is -2.16. The molecule has 0 spiro atoms. The molecule has 0 saturated carbocycles. The van der Waals surface area contributed by atoms with Gasteiger partial charge in [-0.2, -0.15) is 0 Å². The largest absolute Gasteiger partial charge is 0.419 e. The van der Waals surface area contributed by atoms with Gasteiger partial charge in [0.2, 0.25) is 0 Å². The van der Waals surface area contributed by atoms with Crippen molar-refractivity contribution >= 4 is 11.8 Å². The van der Waals surface area contributed by atoms with Gasteiger partial charge in [-0.05, 0) is 18.2 Å². The third-order valence-corrected chi connectivity index (χ3v) is 2.70. The van der Waals surface area contributed by atoms with Gasteiger partial charge in [0.05, 0.1) is 0 Å². The predicted octanol–water partition coefficient (Wildman–Crippen LogP) is 2.02. The number of nitrogens with zero attached hydrogens (tertiary/aromatic N) is 2. The van der Waals surface area contributed by atoms with Crippen LogP contribution in [0.4, 0.5) is 10.5 Å². The maximum Gasteiger partial charge on any atom is 0.419 e. The molecule has 1 heterocycles. The minimum Gasteiger partial charge on any atom is -0.410 e. The molecule has 0 fully saturated rings. The van der Waals surface area contributed by atoms with Crippen LogP contribution in [0.2, 0.25) is 0 Å². The molecule has 0 aliphatic rings. The summed E-state index contributed by atoms with van der Waals surface area (Å²) in [5.74, 6) is 0.232. The van der Waals surface area contributed by atoms with E-state index in [2.05, 4.69) is 0 Å². The highest BCUT2D eigenvalue weighted by Crippen LogP contribution is 2.14. The SMILES string of the molecule is CN(C(=O)Oc1ccn(C)c(=O)c1)c1ccccc1. The smallest absolute Gasteiger partial charge is 0.410 e. The number of aromatic nitrogens is 1. The van der Waals surface area contributed by atoms with Gasteiger partial charge in [0, 0.05) is 32.0 Å². The molecule has 0 aliphatic heterocycles. The van der Waals surface area contributed by atoms with Crippen LogP contribution in [0.5, 0.6) is 5.75 Å². The molecule has 98 valence electrons. The number of carbonyl (C=O) groups excluding carboxylic acids is 1. The first-order valence-corrected chi connectivity index (χ1v) is 5.75. The van der Waals surface area contributed by atoms with Crippen LogP contribution < -0.4 is 15.2 Å². The van der Waals surface area contributed by atoms with E-state index in [9.17, 15) is 9.59 Å². The minimum atomic E-state index is -0.542. The normalized spacial score (nSPS) is 10.0. The standard InChI is InChI=1S/C14H14N2O3/c1-15-9-8-12(10-13(15)17)19-14(18)16(2)11-6-4-3-5-7-11/h3-10H,1-2H3. The molecule has 19 heavy (non-hydrogen) atoms. The summed E-state index contributed by atoms with van der Waals surface area (Å²) in [4.78, 5) is 24.7. The molecule has 0 bridgehead atoms. The lowest BCUT2D eigenvalue weighted by molar-refractivity contribution is 0.209. The molecule has 5 heteroatoms. The summed E-state index contributed by atoms with van der Waals surface area (Å²) in [6.07, 6.45) is 1.01. The molecule has 1 amide bonds. The quantitative estimate of drug-likeness (QED) is 0.828. The van der Waals surface area contributed by atoms with E-state index in [0.717, 1.165) is 5.69 Å². The molecule has 5 nitrogen and oxygen atoms in total. The molecule has 0 aliphatic carbocycles. The van der Waals surface area contributed by atoms with Crippen LogP contribution in [0.25, 0.3) is 0 Å². The topological polar surface area (TPSA) is 51.5 Å². The summed E-state index contributed by atoms with van der Waals surface area (Å²) in [6, 6.07) is 12.0. The van der Waals surface area contributed by atoms with Gasteiger partial charge in [0.25, 0.3) is 5.56 Å². The summed E-state index contributed by atoms with van der Waals surface area (Å²) >= 11 is 0. The molecule has 2 aromatic rings. The van der Waals surface area contributed by atoms with Crippen molar-refractivity contribution < 1.29 is 9.53 Å². The zero-order valence-electron chi connectivity index (χ0n) is 10.7. The molecule has 1 aromatic carbocycles.